The molecule has 0 aliphatic carbocycles. The molecule has 1 aromatic carbocycles. The highest BCUT2D eigenvalue weighted by Crippen LogP contribution is 2.24. The highest BCUT2D eigenvalue weighted by molar-refractivity contribution is 9.09. The Morgan fingerprint density at radius 1 is 1.53 bits per heavy atom. The third-order valence-corrected chi connectivity index (χ3v) is 3.88. The molecule has 1 rings (SSSR count). The van der Waals surface area contributed by atoms with Crippen LogP contribution in [0.3, 0.4) is 0 Å². The summed E-state index contributed by atoms with van der Waals surface area (Å²) in [6.45, 7) is 4.08. The van der Waals surface area contributed by atoms with Gasteiger partial charge in [0.1, 0.15) is 5.75 Å². The van der Waals surface area contributed by atoms with Gasteiger partial charge in [0.05, 0.1) is 12.7 Å². The van der Waals surface area contributed by atoms with Crippen LogP contribution in [0.5, 0.6) is 5.75 Å². The molecule has 19 heavy (non-hydrogen) atoms. The second-order valence-electron chi connectivity index (χ2n) is 4.65. The number of carbonyl (C=O) groups excluding carboxylic acids is 1. The van der Waals surface area contributed by atoms with Crippen LogP contribution < -0.4 is 10.1 Å². The average Bonchev–Trinajstić information content (AvgIpc) is 2.38. The highest BCUT2D eigenvalue weighted by Gasteiger charge is 2.25. The van der Waals surface area contributed by atoms with Gasteiger partial charge in [-0.2, -0.15) is 0 Å². The van der Waals surface area contributed by atoms with Gasteiger partial charge in [-0.3, -0.25) is 4.79 Å². The minimum absolute atomic E-state index is 0.162. The molecule has 1 atom stereocenters. The maximum absolute atomic E-state index is 12.4. The standard InChI is InChI=1S/C14H19BrClNO2/c1-4-14(2,7-8-15)17-13(18)11-9-10(16)5-6-12(11)19-3/h5-6,9H,4,7-8H2,1-3H3,(H,17,18). The summed E-state index contributed by atoms with van der Waals surface area (Å²) in [5.74, 6) is 0.365. The number of halogens is 2. The number of amides is 1. The van der Waals surface area contributed by atoms with Gasteiger partial charge in [0.15, 0.2) is 0 Å². The van der Waals surface area contributed by atoms with E-state index in [2.05, 4.69) is 28.2 Å². The lowest BCUT2D eigenvalue weighted by atomic mass is 9.95. The predicted octanol–water partition coefficient (Wildman–Crippen LogP) is 4.03. The molecule has 0 aliphatic heterocycles. The smallest absolute Gasteiger partial charge is 0.255 e. The molecule has 1 aromatic rings. The van der Waals surface area contributed by atoms with Crippen molar-refractivity contribution in [3.63, 3.8) is 0 Å². The number of ether oxygens (including phenoxy) is 1. The lowest BCUT2D eigenvalue weighted by molar-refractivity contribution is 0.0898. The van der Waals surface area contributed by atoms with Crippen molar-refractivity contribution >= 4 is 33.4 Å². The van der Waals surface area contributed by atoms with Gasteiger partial charge in [-0.1, -0.05) is 34.5 Å². The van der Waals surface area contributed by atoms with Crippen molar-refractivity contribution in [3.05, 3.63) is 28.8 Å². The largest absolute Gasteiger partial charge is 0.496 e. The molecule has 0 radical (unpaired) electrons. The molecule has 5 heteroatoms. The van der Waals surface area contributed by atoms with E-state index in [1.54, 1.807) is 18.2 Å². The third kappa shape index (κ3) is 4.39. The molecule has 0 heterocycles. The number of methoxy groups -OCH3 is 1. The van der Waals surface area contributed by atoms with E-state index in [0.717, 1.165) is 18.2 Å². The first-order valence-electron chi connectivity index (χ1n) is 6.17. The maximum Gasteiger partial charge on any atom is 0.255 e. The van der Waals surface area contributed by atoms with Gasteiger partial charge in [-0.05, 0) is 38.0 Å². The van der Waals surface area contributed by atoms with Crippen molar-refractivity contribution in [1.29, 1.82) is 0 Å². The molecule has 3 nitrogen and oxygen atoms in total. The molecule has 1 N–H and O–H groups in total. The van der Waals surface area contributed by atoms with E-state index >= 15 is 0 Å². The molecule has 0 bridgehead atoms. The van der Waals surface area contributed by atoms with Gasteiger partial charge in [0.2, 0.25) is 0 Å². The summed E-state index contributed by atoms with van der Waals surface area (Å²) in [5.41, 5.74) is 0.220. The summed E-state index contributed by atoms with van der Waals surface area (Å²) in [7, 11) is 1.54. The van der Waals surface area contributed by atoms with E-state index in [0.29, 0.717) is 16.3 Å². The van der Waals surface area contributed by atoms with Crippen molar-refractivity contribution < 1.29 is 9.53 Å². The maximum atomic E-state index is 12.4. The summed E-state index contributed by atoms with van der Waals surface area (Å²) in [6.07, 6.45) is 1.71. The zero-order valence-electron chi connectivity index (χ0n) is 11.4. The van der Waals surface area contributed by atoms with Crippen LogP contribution in [0.25, 0.3) is 0 Å². The number of benzene rings is 1. The van der Waals surface area contributed by atoms with Gasteiger partial charge in [-0.25, -0.2) is 0 Å². The summed E-state index contributed by atoms with van der Waals surface area (Å²) in [5, 5.41) is 4.41. The Morgan fingerprint density at radius 2 is 2.21 bits per heavy atom. The van der Waals surface area contributed by atoms with Gasteiger partial charge in [0.25, 0.3) is 5.91 Å². The van der Waals surface area contributed by atoms with E-state index in [1.807, 2.05) is 6.92 Å². The van der Waals surface area contributed by atoms with Gasteiger partial charge in [-0.15, -0.1) is 0 Å². The monoisotopic (exact) mass is 347 g/mol. The van der Waals surface area contributed by atoms with Crippen LogP contribution in [-0.2, 0) is 0 Å². The number of rotatable bonds is 6. The minimum Gasteiger partial charge on any atom is -0.496 e. The van der Waals surface area contributed by atoms with E-state index < -0.39 is 0 Å². The Labute approximate surface area is 127 Å². The average molecular weight is 349 g/mol. The Kier molecular flexibility index (Phi) is 6.14. The molecule has 0 fully saturated rings. The summed E-state index contributed by atoms with van der Waals surface area (Å²) >= 11 is 9.36. The first-order chi connectivity index (χ1) is 8.95. The highest BCUT2D eigenvalue weighted by atomic mass is 79.9. The molecule has 0 saturated heterocycles. The summed E-state index contributed by atoms with van der Waals surface area (Å²) in [6, 6.07) is 5.03. The first kappa shape index (κ1) is 16.3. The van der Waals surface area contributed by atoms with Gasteiger partial charge in [0, 0.05) is 15.9 Å². The normalized spacial score (nSPS) is 13.7. The number of hydrogen-bond donors (Lipinski definition) is 1. The lowest BCUT2D eigenvalue weighted by Crippen LogP contribution is -2.45. The van der Waals surface area contributed by atoms with Crippen LogP contribution in [0.4, 0.5) is 0 Å². The molecule has 1 unspecified atom stereocenters. The van der Waals surface area contributed by atoms with E-state index in [-0.39, 0.29) is 11.4 Å². The fraction of sp³-hybridized carbons (Fsp3) is 0.500. The van der Waals surface area contributed by atoms with Crippen LogP contribution in [0.2, 0.25) is 5.02 Å². The van der Waals surface area contributed by atoms with E-state index in [4.69, 9.17) is 16.3 Å². The Balaban J connectivity index is 2.97. The van der Waals surface area contributed by atoms with Crippen LogP contribution in [0, 0.1) is 0 Å². The van der Waals surface area contributed by atoms with Crippen molar-refractivity contribution in [2.75, 3.05) is 12.4 Å². The number of nitrogens with one attached hydrogen (secondary N) is 1. The zero-order chi connectivity index (χ0) is 14.5. The number of alkyl halides is 1. The van der Waals surface area contributed by atoms with Crippen LogP contribution in [-0.4, -0.2) is 23.9 Å². The lowest BCUT2D eigenvalue weighted by Gasteiger charge is -2.29. The first-order valence-corrected chi connectivity index (χ1v) is 7.67. The van der Waals surface area contributed by atoms with Crippen molar-refractivity contribution in [3.8, 4) is 5.75 Å². The topological polar surface area (TPSA) is 38.3 Å². The van der Waals surface area contributed by atoms with Crippen LogP contribution >= 0.6 is 27.5 Å². The SMILES string of the molecule is CCC(C)(CCBr)NC(=O)c1cc(Cl)ccc1OC. The zero-order valence-corrected chi connectivity index (χ0v) is 13.8. The summed E-state index contributed by atoms with van der Waals surface area (Å²) in [4.78, 5) is 12.4. The minimum atomic E-state index is -0.242. The van der Waals surface area contributed by atoms with Crippen LogP contribution in [0.1, 0.15) is 37.0 Å². The Morgan fingerprint density at radius 3 is 2.74 bits per heavy atom. The van der Waals surface area contributed by atoms with E-state index in [1.165, 1.54) is 7.11 Å². The predicted molar refractivity (Wildman–Crippen MR) is 82.6 cm³/mol. The summed E-state index contributed by atoms with van der Waals surface area (Å²) < 4.78 is 5.20. The molecule has 0 aliphatic rings. The van der Waals surface area contributed by atoms with Gasteiger partial charge >= 0.3 is 0 Å². The second kappa shape index (κ2) is 7.15. The van der Waals surface area contributed by atoms with Crippen LogP contribution in [0.15, 0.2) is 18.2 Å². The molecule has 106 valence electrons. The Hall–Kier alpha value is -0.740. The third-order valence-electron chi connectivity index (χ3n) is 3.25. The molecular formula is C14H19BrClNO2. The van der Waals surface area contributed by atoms with Crippen molar-refractivity contribution in [2.45, 2.75) is 32.2 Å². The quantitative estimate of drug-likeness (QED) is 0.788. The van der Waals surface area contributed by atoms with Gasteiger partial charge < -0.3 is 10.1 Å². The molecule has 0 spiro atoms. The van der Waals surface area contributed by atoms with Crippen molar-refractivity contribution in [1.82, 2.24) is 5.32 Å². The Bertz CT molecular complexity index is 453. The number of carbonyl (C=O) groups is 1. The van der Waals surface area contributed by atoms with Crippen molar-refractivity contribution in [2.24, 2.45) is 0 Å². The fourth-order valence-corrected chi connectivity index (χ4v) is 2.78. The van der Waals surface area contributed by atoms with E-state index in [9.17, 15) is 4.79 Å². The second-order valence-corrected chi connectivity index (χ2v) is 5.88. The fourth-order valence-electron chi connectivity index (χ4n) is 1.74. The molecular weight excluding hydrogens is 330 g/mol. The molecule has 0 aromatic heterocycles. The number of hydrogen-bond acceptors (Lipinski definition) is 2. The molecule has 1 amide bonds. The molecule has 0 saturated carbocycles.